The summed E-state index contributed by atoms with van der Waals surface area (Å²) in [6.45, 7) is 9.32. The van der Waals surface area contributed by atoms with Crippen LogP contribution in [0.2, 0.25) is 26.2 Å². The van der Waals surface area contributed by atoms with Gasteiger partial charge in [0.1, 0.15) is 0 Å². The van der Waals surface area contributed by atoms with Crippen molar-refractivity contribution < 1.29 is 0 Å². The monoisotopic (exact) mass is 174 g/mol. The van der Waals surface area contributed by atoms with Crippen molar-refractivity contribution in [2.75, 3.05) is 7.05 Å². The van der Waals surface area contributed by atoms with Crippen molar-refractivity contribution in [3.05, 3.63) is 0 Å². The van der Waals surface area contributed by atoms with Crippen molar-refractivity contribution in [2.24, 2.45) is 5.84 Å². The van der Waals surface area contributed by atoms with Crippen LogP contribution in [0.3, 0.4) is 0 Å². The van der Waals surface area contributed by atoms with Crippen molar-refractivity contribution in [3.63, 3.8) is 0 Å². The minimum atomic E-state index is -0.226. The first-order chi connectivity index (χ1) is 4.46. The van der Waals surface area contributed by atoms with Crippen molar-refractivity contribution >= 4 is 17.6 Å². The molecule has 0 saturated carbocycles. The molecule has 2 radical (unpaired) electrons. The van der Waals surface area contributed by atoms with E-state index >= 15 is 0 Å². The zero-order valence-corrected chi connectivity index (χ0v) is 9.60. The topological polar surface area (TPSA) is 29.3 Å². The fourth-order valence-corrected chi connectivity index (χ4v) is 7.64. The molecule has 0 aromatic rings. The van der Waals surface area contributed by atoms with Crippen molar-refractivity contribution in [3.8, 4) is 0 Å². The number of rotatable bonds is 3. The molecule has 0 aliphatic heterocycles. The highest BCUT2D eigenvalue weighted by Crippen LogP contribution is 2.01. The van der Waals surface area contributed by atoms with E-state index < -0.39 is 0 Å². The molecule has 60 valence electrons. The van der Waals surface area contributed by atoms with Crippen LogP contribution in [0.1, 0.15) is 0 Å². The van der Waals surface area contributed by atoms with Gasteiger partial charge in [-0.1, -0.05) is 26.2 Å². The average Bonchev–Trinajstić information content (AvgIpc) is 1.59. The average molecular weight is 174 g/mol. The molecule has 0 aliphatic rings. The lowest BCUT2D eigenvalue weighted by atomic mass is 11.1. The van der Waals surface area contributed by atoms with Crippen LogP contribution in [0, 0.1) is 0 Å². The molecular formula is C6H18N2Si2. The van der Waals surface area contributed by atoms with Gasteiger partial charge in [0, 0.05) is 12.3 Å². The molecule has 0 heterocycles. The van der Waals surface area contributed by atoms with Crippen molar-refractivity contribution in [1.82, 2.24) is 5.01 Å². The third-order valence-corrected chi connectivity index (χ3v) is 7.97. The maximum atomic E-state index is 5.72. The largest absolute Gasteiger partial charge is 0.269 e. The van der Waals surface area contributed by atoms with Crippen LogP contribution >= 0.6 is 0 Å². The number of hydrazine groups is 1. The summed E-state index contributed by atoms with van der Waals surface area (Å²) in [5, 5.41) is 2.61. The van der Waals surface area contributed by atoms with Crippen molar-refractivity contribution in [1.29, 1.82) is 0 Å². The van der Waals surface area contributed by atoms with Gasteiger partial charge in [-0.25, -0.2) is 0 Å². The molecule has 0 rings (SSSR count). The van der Waals surface area contributed by atoms with Gasteiger partial charge in [0.15, 0.2) is 0 Å². The van der Waals surface area contributed by atoms with E-state index in [1.54, 1.807) is 0 Å². The molecule has 2 N–H and O–H groups in total. The molecular weight excluding hydrogens is 156 g/mol. The van der Waals surface area contributed by atoms with Crippen LogP contribution < -0.4 is 5.84 Å². The molecule has 0 amide bonds. The van der Waals surface area contributed by atoms with E-state index in [-0.39, 0.29) is 17.6 Å². The molecule has 0 unspecified atom stereocenters. The molecule has 0 aromatic heterocycles. The standard InChI is InChI=1S/C6H18N2Si2/c1-8(7)6(9(2)3)10(4)5/h6H,7H2,1-5H3. The summed E-state index contributed by atoms with van der Waals surface area (Å²) in [7, 11) is 1.53. The highest BCUT2D eigenvalue weighted by atomic mass is 28.3. The van der Waals surface area contributed by atoms with Crippen LogP contribution in [0.15, 0.2) is 0 Å². The van der Waals surface area contributed by atoms with Gasteiger partial charge in [0.2, 0.25) is 0 Å². The maximum Gasteiger partial charge on any atom is 0.0603 e. The molecule has 0 spiro atoms. The lowest BCUT2D eigenvalue weighted by Gasteiger charge is -2.29. The summed E-state index contributed by atoms with van der Waals surface area (Å²) in [5.41, 5.74) is 0. The van der Waals surface area contributed by atoms with E-state index in [9.17, 15) is 0 Å². The predicted molar refractivity (Wildman–Crippen MR) is 50.7 cm³/mol. The SMILES string of the molecule is CN(N)C([Si](C)C)[Si](C)C. The van der Waals surface area contributed by atoms with Gasteiger partial charge >= 0.3 is 0 Å². The lowest BCUT2D eigenvalue weighted by Crippen LogP contribution is -2.52. The summed E-state index contributed by atoms with van der Waals surface area (Å²) < 4.78 is 0. The van der Waals surface area contributed by atoms with E-state index in [1.807, 2.05) is 12.1 Å². The Morgan fingerprint density at radius 2 is 1.40 bits per heavy atom. The van der Waals surface area contributed by atoms with Crippen LogP contribution in [-0.2, 0) is 0 Å². The molecule has 0 aromatic carbocycles. The zero-order chi connectivity index (χ0) is 8.31. The Kier molecular flexibility index (Phi) is 4.43. The van der Waals surface area contributed by atoms with Gasteiger partial charge in [-0.15, -0.1) is 0 Å². The number of nitrogens with two attached hydrogens (primary N) is 1. The quantitative estimate of drug-likeness (QED) is 0.389. The summed E-state index contributed by atoms with van der Waals surface area (Å²) in [6.07, 6.45) is 0. The molecule has 2 nitrogen and oxygen atoms in total. The van der Waals surface area contributed by atoms with Gasteiger partial charge < -0.3 is 0 Å². The molecule has 0 fully saturated rings. The first-order valence-electron chi connectivity index (χ1n) is 3.54. The van der Waals surface area contributed by atoms with Gasteiger partial charge in [0.05, 0.1) is 17.6 Å². The first kappa shape index (κ1) is 10.4. The summed E-state index contributed by atoms with van der Waals surface area (Å²) >= 11 is 0. The predicted octanol–water partition coefficient (Wildman–Crippen LogP) is 0.748. The number of hydrogen-bond acceptors (Lipinski definition) is 2. The minimum absolute atomic E-state index is 0.226. The van der Waals surface area contributed by atoms with Crippen molar-refractivity contribution in [2.45, 2.75) is 31.5 Å². The van der Waals surface area contributed by atoms with Gasteiger partial charge in [-0.3, -0.25) is 10.9 Å². The number of nitrogens with zero attached hydrogens (tertiary/aromatic N) is 1. The molecule has 0 saturated heterocycles. The van der Waals surface area contributed by atoms with Crippen LogP contribution in [-0.4, -0.2) is 34.9 Å². The first-order valence-corrected chi connectivity index (χ1v) is 8.70. The normalized spacial score (nSPS) is 12.6. The summed E-state index contributed by atoms with van der Waals surface area (Å²) in [5.74, 6) is 5.72. The van der Waals surface area contributed by atoms with Crippen LogP contribution in [0.25, 0.3) is 0 Å². The minimum Gasteiger partial charge on any atom is -0.269 e. The van der Waals surface area contributed by atoms with Gasteiger partial charge in [-0.05, 0) is 0 Å². The smallest absolute Gasteiger partial charge is 0.0603 e. The van der Waals surface area contributed by atoms with E-state index in [0.29, 0.717) is 5.29 Å². The van der Waals surface area contributed by atoms with Gasteiger partial charge in [0.25, 0.3) is 0 Å². The highest BCUT2D eigenvalue weighted by Gasteiger charge is 2.21. The maximum absolute atomic E-state index is 5.72. The third kappa shape index (κ3) is 2.96. The highest BCUT2D eigenvalue weighted by molar-refractivity contribution is 6.77. The Hall–Kier alpha value is 0.354. The number of hydrogen-bond donors (Lipinski definition) is 1. The van der Waals surface area contributed by atoms with Gasteiger partial charge in [-0.2, -0.15) is 0 Å². The Bertz CT molecular complexity index is 74.7. The molecule has 0 bridgehead atoms. The Labute approximate surface area is 67.6 Å². The second-order valence-electron chi connectivity index (χ2n) is 3.22. The fraction of sp³-hybridized carbons (Fsp3) is 1.00. The zero-order valence-electron chi connectivity index (χ0n) is 7.60. The van der Waals surface area contributed by atoms with Crippen LogP contribution in [0.5, 0.6) is 0 Å². The molecule has 4 heteroatoms. The molecule has 0 aliphatic carbocycles. The summed E-state index contributed by atoms with van der Waals surface area (Å²) in [4.78, 5) is 0. The second-order valence-corrected chi connectivity index (χ2v) is 9.20. The summed E-state index contributed by atoms with van der Waals surface area (Å²) in [6, 6.07) is 0. The Morgan fingerprint density at radius 1 is 1.10 bits per heavy atom. The Balaban J connectivity index is 3.98. The van der Waals surface area contributed by atoms with E-state index in [1.165, 1.54) is 0 Å². The molecule has 0 atom stereocenters. The fourth-order valence-electron chi connectivity index (χ4n) is 1.39. The van der Waals surface area contributed by atoms with E-state index in [4.69, 9.17) is 5.84 Å². The van der Waals surface area contributed by atoms with Crippen LogP contribution in [0.4, 0.5) is 0 Å². The molecule has 10 heavy (non-hydrogen) atoms. The second kappa shape index (κ2) is 4.28. The Morgan fingerprint density at radius 3 is 1.40 bits per heavy atom. The lowest BCUT2D eigenvalue weighted by molar-refractivity contribution is 0.371. The van der Waals surface area contributed by atoms with E-state index in [2.05, 4.69) is 26.2 Å². The van der Waals surface area contributed by atoms with E-state index in [0.717, 1.165) is 0 Å². The third-order valence-electron chi connectivity index (χ3n) is 1.50.